The van der Waals surface area contributed by atoms with Crippen molar-refractivity contribution in [1.82, 2.24) is 10.4 Å². The molecule has 0 aliphatic carbocycles. The summed E-state index contributed by atoms with van der Waals surface area (Å²) in [5.74, 6) is 6.48. The largest absolute Gasteiger partial charge is 0.478 e. The quantitative estimate of drug-likeness (QED) is 0.309. The number of guanidine groups is 1. The van der Waals surface area contributed by atoms with Crippen LogP contribution >= 0.6 is 0 Å². The van der Waals surface area contributed by atoms with E-state index in [0.717, 1.165) is 18.7 Å². The molecule has 0 fully saturated rings. The standard InChI is InChI=1S/C11H19N5O/c1-3-7-13-11(16-12)15-9-5-6-10(14-8-9)17-4-2/h5-6,8H,3-4,7,12H2,1-2H3,(H2,13,15,16). The Morgan fingerprint density at radius 3 is 2.82 bits per heavy atom. The van der Waals surface area contributed by atoms with Crippen LogP contribution in [0.2, 0.25) is 0 Å². The second-order valence-electron chi connectivity index (χ2n) is 3.32. The van der Waals surface area contributed by atoms with E-state index in [0.29, 0.717) is 18.4 Å². The smallest absolute Gasteiger partial charge is 0.213 e. The van der Waals surface area contributed by atoms with Gasteiger partial charge >= 0.3 is 0 Å². The molecule has 0 saturated carbocycles. The van der Waals surface area contributed by atoms with E-state index in [4.69, 9.17) is 10.6 Å². The van der Waals surface area contributed by atoms with Crippen LogP contribution in [0.15, 0.2) is 23.3 Å². The second kappa shape index (κ2) is 7.45. The van der Waals surface area contributed by atoms with Gasteiger partial charge < -0.3 is 10.1 Å². The summed E-state index contributed by atoms with van der Waals surface area (Å²) in [4.78, 5) is 8.35. The number of aliphatic imine (C=N–C) groups is 1. The Balaban J connectivity index is 2.60. The molecule has 0 aromatic carbocycles. The fourth-order valence-corrected chi connectivity index (χ4v) is 1.17. The first-order valence-corrected chi connectivity index (χ1v) is 5.67. The molecule has 17 heavy (non-hydrogen) atoms. The number of hydrogen-bond acceptors (Lipinski definition) is 4. The summed E-state index contributed by atoms with van der Waals surface area (Å²) in [5.41, 5.74) is 3.31. The van der Waals surface area contributed by atoms with Gasteiger partial charge in [-0.3, -0.25) is 10.4 Å². The summed E-state index contributed by atoms with van der Waals surface area (Å²) in [6.45, 7) is 5.29. The van der Waals surface area contributed by atoms with Crippen LogP contribution in [0.25, 0.3) is 0 Å². The Morgan fingerprint density at radius 2 is 2.29 bits per heavy atom. The van der Waals surface area contributed by atoms with E-state index < -0.39 is 0 Å². The van der Waals surface area contributed by atoms with Gasteiger partial charge in [0.15, 0.2) is 0 Å². The molecule has 6 nitrogen and oxygen atoms in total. The molecule has 1 aromatic rings. The van der Waals surface area contributed by atoms with Crippen LogP contribution in [-0.4, -0.2) is 24.1 Å². The van der Waals surface area contributed by atoms with E-state index in [-0.39, 0.29) is 0 Å². The van der Waals surface area contributed by atoms with Crippen LogP contribution in [0.4, 0.5) is 5.69 Å². The lowest BCUT2D eigenvalue weighted by atomic mass is 10.4. The second-order valence-corrected chi connectivity index (χ2v) is 3.32. The number of rotatable bonds is 5. The maximum Gasteiger partial charge on any atom is 0.213 e. The minimum Gasteiger partial charge on any atom is -0.478 e. The van der Waals surface area contributed by atoms with Crippen molar-refractivity contribution in [2.45, 2.75) is 20.3 Å². The summed E-state index contributed by atoms with van der Waals surface area (Å²) in [7, 11) is 0. The Kier molecular flexibility index (Phi) is 5.81. The van der Waals surface area contributed by atoms with Crippen molar-refractivity contribution in [3.63, 3.8) is 0 Å². The van der Waals surface area contributed by atoms with Gasteiger partial charge in [0.05, 0.1) is 18.5 Å². The normalized spacial score (nSPS) is 11.1. The van der Waals surface area contributed by atoms with Gasteiger partial charge in [-0.05, 0) is 19.4 Å². The van der Waals surface area contributed by atoms with E-state index in [1.807, 2.05) is 13.0 Å². The van der Waals surface area contributed by atoms with Crippen molar-refractivity contribution < 1.29 is 4.74 Å². The third kappa shape index (κ3) is 4.69. The fourth-order valence-electron chi connectivity index (χ4n) is 1.17. The molecule has 1 rings (SSSR count). The van der Waals surface area contributed by atoms with Crippen LogP contribution in [-0.2, 0) is 0 Å². The molecule has 0 spiro atoms. The number of anilines is 1. The summed E-state index contributed by atoms with van der Waals surface area (Å²) in [5, 5.41) is 3.03. The van der Waals surface area contributed by atoms with Crippen molar-refractivity contribution in [2.75, 3.05) is 18.5 Å². The number of nitrogens with zero attached hydrogens (tertiary/aromatic N) is 2. The van der Waals surface area contributed by atoms with Crippen molar-refractivity contribution >= 4 is 11.6 Å². The van der Waals surface area contributed by atoms with Gasteiger partial charge in [0.2, 0.25) is 11.8 Å². The molecule has 0 saturated heterocycles. The van der Waals surface area contributed by atoms with Crippen molar-refractivity contribution in [1.29, 1.82) is 0 Å². The van der Waals surface area contributed by atoms with E-state index >= 15 is 0 Å². The van der Waals surface area contributed by atoms with Crippen molar-refractivity contribution in [2.24, 2.45) is 10.8 Å². The first-order chi connectivity index (χ1) is 8.30. The molecule has 4 N–H and O–H groups in total. The van der Waals surface area contributed by atoms with Crippen molar-refractivity contribution in [3.05, 3.63) is 18.3 Å². The monoisotopic (exact) mass is 237 g/mol. The molecule has 94 valence electrons. The van der Waals surface area contributed by atoms with E-state index in [1.165, 1.54) is 0 Å². The summed E-state index contributed by atoms with van der Waals surface area (Å²) in [6, 6.07) is 3.65. The lowest BCUT2D eigenvalue weighted by Gasteiger charge is -2.09. The molecule has 0 bridgehead atoms. The number of nitrogens with one attached hydrogen (secondary N) is 2. The Hall–Kier alpha value is -1.82. The number of hydrogen-bond donors (Lipinski definition) is 3. The highest BCUT2D eigenvalue weighted by atomic mass is 16.5. The number of hydrazine groups is 1. The maximum atomic E-state index is 5.35. The molecule has 0 aliphatic rings. The van der Waals surface area contributed by atoms with Crippen LogP contribution in [0, 0.1) is 0 Å². The van der Waals surface area contributed by atoms with Crippen LogP contribution in [0.1, 0.15) is 20.3 Å². The predicted molar refractivity (Wildman–Crippen MR) is 68.9 cm³/mol. The van der Waals surface area contributed by atoms with Crippen LogP contribution < -0.4 is 21.3 Å². The molecular weight excluding hydrogens is 218 g/mol. The minimum atomic E-state index is 0.526. The SMILES string of the molecule is CCCN=C(NN)Nc1ccc(OCC)nc1. The Morgan fingerprint density at radius 1 is 1.47 bits per heavy atom. The van der Waals surface area contributed by atoms with E-state index in [1.54, 1.807) is 12.3 Å². The van der Waals surface area contributed by atoms with Gasteiger partial charge in [0.25, 0.3) is 0 Å². The molecule has 0 unspecified atom stereocenters. The Bertz CT molecular complexity index is 349. The molecule has 6 heteroatoms. The summed E-state index contributed by atoms with van der Waals surface area (Å²) in [6.07, 6.45) is 2.64. The predicted octanol–water partition coefficient (Wildman–Crippen LogP) is 1.12. The molecule has 0 aliphatic heterocycles. The van der Waals surface area contributed by atoms with Gasteiger partial charge in [0, 0.05) is 12.6 Å². The van der Waals surface area contributed by atoms with Gasteiger partial charge in [-0.1, -0.05) is 6.92 Å². The zero-order chi connectivity index (χ0) is 12.5. The molecule has 0 amide bonds. The van der Waals surface area contributed by atoms with Crippen LogP contribution in [0.5, 0.6) is 5.88 Å². The minimum absolute atomic E-state index is 0.526. The average molecular weight is 237 g/mol. The molecule has 1 heterocycles. The van der Waals surface area contributed by atoms with Gasteiger partial charge in [-0.25, -0.2) is 10.8 Å². The zero-order valence-corrected chi connectivity index (χ0v) is 10.2. The third-order valence-corrected chi connectivity index (χ3v) is 1.92. The van der Waals surface area contributed by atoms with Gasteiger partial charge in [0.1, 0.15) is 0 Å². The topological polar surface area (TPSA) is 84.6 Å². The van der Waals surface area contributed by atoms with E-state index in [2.05, 4.69) is 27.6 Å². The molecular formula is C11H19N5O. The molecule has 0 atom stereocenters. The summed E-state index contributed by atoms with van der Waals surface area (Å²) >= 11 is 0. The lowest BCUT2D eigenvalue weighted by Crippen LogP contribution is -2.36. The summed E-state index contributed by atoms with van der Waals surface area (Å²) < 4.78 is 5.25. The average Bonchev–Trinajstić information content (AvgIpc) is 2.37. The van der Waals surface area contributed by atoms with Crippen LogP contribution in [0.3, 0.4) is 0 Å². The maximum absolute atomic E-state index is 5.35. The number of ether oxygens (including phenoxy) is 1. The first kappa shape index (κ1) is 13.2. The lowest BCUT2D eigenvalue weighted by molar-refractivity contribution is 0.327. The Labute approximate surface area is 101 Å². The van der Waals surface area contributed by atoms with E-state index in [9.17, 15) is 0 Å². The number of nitrogens with two attached hydrogens (primary N) is 1. The first-order valence-electron chi connectivity index (χ1n) is 5.67. The zero-order valence-electron chi connectivity index (χ0n) is 10.2. The van der Waals surface area contributed by atoms with Gasteiger partial charge in [-0.15, -0.1) is 0 Å². The van der Waals surface area contributed by atoms with Crippen molar-refractivity contribution in [3.8, 4) is 5.88 Å². The number of aromatic nitrogens is 1. The molecule has 0 radical (unpaired) electrons. The highest BCUT2D eigenvalue weighted by molar-refractivity contribution is 5.93. The van der Waals surface area contributed by atoms with Gasteiger partial charge in [-0.2, -0.15) is 0 Å². The third-order valence-electron chi connectivity index (χ3n) is 1.92. The highest BCUT2D eigenvalue weighted by Crippen LogP contribution is 2.11. The molecule has 1 aromatic heterocycles. The fraction of sp³-hybridized carbons (Fsp3) is 0.455. The highest BCUT2D eigenvalue weighted by Gasteiger charge is 1.99. The number of pyridine rings is 1.